The summed E-state index contributed by atoms with van der Waals surface area (Å²) >= 11 is 5.02. The molecule has 1 atom stereocenters. The molecule has 1 aromatic rings. The lowest BCUT2D eigenvalue weighted by Crippen LogP contribution is -2.43. The van der Waals surface area contributed by atoms with Gasteiger partial charge >= 0.3 is 0 Å². The first-order chi connectivity index (χ1) is 8.50. The Bertz CT molecular complexity index is 501. The number of hydrogen-bond donors (Lipinski definition) is 1. The normalized spacial score (nSPS) is 19.0. The second-order valence-electron chi connectivity index (χ2n) is 4.64. The zero-order valence-corrected chi connectivity index (χ0v) is 11.5. The first kappa shape index (κ1) is 13.0. The maximum atomic E-state index is 12.5. The molecule has 0 spiro atoms. The molecule has 0 bridgehead atoms. The summed E-state index contributed by atoms with van der Waals surface area (Å²) in [6.07, 6.45) is 1.81. The summed E-state index contributed by atoms with van der Waals surface area (Å²) in [7, 11) is 0. The molecule has 4 nitrogen and oxygen atoms in total. The summed E-state index contributed by atoms with van der Waals surface area (Å²) in [4.78, 5) is 19.0. The van der Waals surface area contributed by atoms with Crippen LogP contribution in [0.2, 0.25) is 0 Å². The minimum Gasteiger partial charge on any atom is -0.392 e. The summed E-state index contributed by atoms with van der Waals surface area (Å²) in [5.41, 5.74) is 8.00. The zero-order valence-electron chi connectivity index (χ0n) is 10.6. The van der Waals surface area contributed by atoms with E-state index >= 15 is 0 Å². The Kier molecular flexibility index (Phi) is 3.61. The molecule has 0 aliphatic carbocycles. The molecular weight excluding hydrogens is 246 g/mol. The predicted molar refractivity (Wildman–Crippen MR) is 74.6 cm³/mol. The second-order valence-corrected chi connectivity index (χ2v) is 5.12. The molecule has 2 N–H and O–H groups in total. The van der Waals surface area contributed by atoms with E-state index < -0.39 is 0 Å². The van der Waals surface area contributed by atoms with Crippen LogP contribution in [0.15, 0.2) is 12.1 Å². The number of likely N-dealkylation sites (tertiary alicyclic amines) is 1. The van der Waals surface area contributed by atoms with Crippen LogP contribution in [0.4, 0.5) is 0 Å². The van der Waals surface area contributed by atoms with E-state index in [-0.39, 0.29) is 11.9 Å². The van der Waals surface area contributed by atoms with Crippen molar-refractivity contribution in [3.63, 3.8) is 0 Å². The van der Waals surface area contributed by atoms with Gasteiger partial charge in [0.1, 0.15) is 0 Å². The van der Waals surface area contributed by atoms with Gasteiger partial charge < -0.3 is 10.6 Å². The molecule has 18 heavy (non-hydrogen) atoms. The van der Waals surface area contributed by atoms with Crippen molar-refractivity contribution in [3.05, 3.63) is 29.1 Å². The molecule has 1 aromatic heterocycles. The van der Waals surface area contributed by atoms with Crippen LogP contribution in [-0.4, -0.2) is 33.4 Å². The van der Waals surface area contributed by atoms with Crippen LogP contribution >= 0.6 is 12.2 Å². The monoisotopic (exact) mass is 263 g/mol. The minimum absolute atomic E-state index is 0.0182. The molecule has 2 rings (SSSR count). The van der Waals surface area contributed by atoms with Crippen LogP contribution < -0.4 is 5.73 Å². The van der Waals surface area contributed by atoms with Crippen LogP contribution in [0.1, 0.15) is 34.6 Å². The van der Waals surface area contributed by atoms with Crippen molar-refractivity contribution < 1.29 is 4.79 Å². The fourth-order valence-corrected chi connectivity index (χ4v) is 2.62. The molecule has 0 aromatic carbocycles. The fourth-order valence-electron chi connectivity index (χ4n) is 2.37. The Balaban J connectivity index is 2.28. The molecule has 2 heterocycles. The lowest BCUT2D eigenvalue weighted by atomic mass is 10.1. The number of carbonyl (C=O) groups is 1. The number of aromatic nitrogens is 1. The van der Waals surface area contributed by atoms with Crippen LogP contribution in [0.3, 0.4) is 0 Å². The van der Waals surface area contributed by atoms with Crippen molar-refractivity contribution >= 4 is 23.1 Å². The van der Waals surface area contributed by atoms with Crippen molar-refractivity contribution in [1.29, 1.82) is 0 Å². The van der Waals surface area contributed by atoms with Crippen molar-refractivity contribution in [1.82, 2.24) is 9.88 Å². The van der Waals surface area contributed by atoms with Gasteiger partial charge in [-0.05, 0) is 38.8 Å². The van der Waals surface area contributed by atoms with E-state index in [1.807, 2.05) is 26.0 Å². The number of nitrogens with zero attached hydrogens (tertiary/aromatic N) is 2. The Morgan fingerprint density at radius 2 is 2.22 bits per heavy atom. The number of pyridine rings is 1. The van der Waals surface area contributed by atoms with Gasteiger partial charge in [0.05, 0.1) is 22.3 Å². The van der Waals surface area contributed by atoms with E-state index in [4.69, 9.17) is 18.0 Å². The van der Waals surface area contributed by atoms with Gasteiger partial charge in [-0.15, -0.1) is 0 Å². The average molecular weight is 263 g/mol. The number of aryl methyl sites for hydroxylation is 2. The molecule has 1 aliphatic rings. The molecule has 0 radical (unpaired) electrons. The number of amides is 1. The van der Waals surface area contributed by atoms with Crippen molar-refractivity contribution in [2.75, 3.05) is 6.54 Å². The van der Waals surface area contributed by atoms with Crippen molar-refractivity contribution in [2.45, 2.75) is 32.7 Å². The van der Waals surface area contributed by atoms with Gasteiger partial charge in [-0.1, -0.05) is 12.2 Å². The molecule has 1 saturated heterocycles. The third-order valence-electron chi connectivity index (χ3n) is 3.30. The van der Waals surface area contributed by atoms with E-state index in [0.29, 0.717) is 17.1 Å². The third kappa shape index (κ3) is 2.36. The molecule has 5 heteroatoms. The SMILES string of the molecule is Cc1ccc(C(=O)N2CCCC2C(N)=S)c(C)n1. The fraction of sp³-hybridized carbons (Fsp3) is 0.462. The highest BCUT2D eigenvalue weighted by atomic mass is 32.1. The zero-order chi connectivity index (χ0) is 13.3. The van der Waals surface area contributed by atoms with Crippen molar-refractivity contribution in [3.8, 4) is 0 Å². The lowest BCUT2D eigenvalue weighted by Gasteiger charge is -2.24. The molecule has 96 valence electrons. The van der Waals surface area contributed by atoms with Crippen molar-refractivity contribution in [2.24, 2.45) is 5.73 Å². The Morgan fingerprint density at radius 1 is 1.50 bits per heavy atom. The smallest absolute Gasteiger partial charge is 0.256 e. The van der Waals surface area contributed by atoms with Gasteiger partial charge in [0, 0.05) is 12.2 Å². The highest BCUT2D eigenvalue weighted by Gasteiger charge is 2.31. The topological polar surface area (TPSA) is 59.2 Å². The molecular formula is C13H17N3OS. The number of nitrogens with two attached hydrogens (primary N) is 1. The van der Waals surface area contributed by atoms with E-state index in [0.717, 1.165) is 24.2 Å². The van der Waals surface area contributed by atoms with Crippen LogP contribution in [0.25, 0.3) is 0 Å². The maximum Gasteiger partial charge on any atom is 0.256 e. The predicted octanol–water partition coefficient (Wildman–Crippen LogP) is 1.59. The molecule has 1 amide bonds. The molecule has 1 fully saturated rings. The standard InChI is InChI=1S/C13H17N3OS/c1-8-5-6-10(9(2)15-8)13(17)16-7-3-4-11(16)12(14)18/h5-6,11H,3-4,7H2,1-2H3,(H2,14,18). The highest BCUT2D eigenvalue weighted by Crippen LogP contribution is 2.21. The van der Waals surface area contributed by atoms with Gasteiger partial charge in [0.25, 0.3) is 5.91 Å². The van der Waals surface area contributed by atoms with E-state index in [1.165, 1.54) is 0 Å². The summed E-state index contributed by atoms with van der Waals surface area (Å²) in [5.74, 6) is -0.0182. The maximum absolute atomic E-state index is 12.5. The Hall–Kier alpha value is -1.49. The highest BCUT2D eigenvalue weighted by molar-refractivity contribution is 7.80. The molecule has 1 unspecified atom stereocenters. The summed E-state index contributed by atoms with van der Waals surface area (Å²) in [5, 5.41) is 0. The van der Waals surface area contributed by atoms with Gasteiger partial charge in [-0.3, -0.25) is 9.78 Å². The van der Waals surface area contributed by atoms with Gasteiger partial charge in [-0.2, -0.15) is 0 Å². The molecule has 0 saturated carbocycles. The first-order valence-electron chi connectivity index (χ1n) is 6.05. The second kappa shape index (κ2) is 5.02. The first-order valence-corrected chi connectivity index (χ1v) is 6.46. The summed E-state index contributed by atoms with van der Waals surface area (Å²) < 4.78 is 0. The number of hydrogen-bond acceptors (Lipinski definition) is 3. The van der Waals surface area contributed by atoms with Gasteiger partial charge in [0.2, 0.25) is 0 Å². The summed E-state index contributed by atoms with van der Waals surface area (Å²) in [6, 6.07) is 3.58. The largest absolute Gasteiger partial charge is 0.392 e. The lowest BCUT2D eigenvalue weighted by molar-refractivity contribution is 0.0769. The average Bonchev–Trinajstić information content (AvgIpc) is 2.77. The number of thiocarbonyl (C=S) groups is 1. The van der Waals surface area contributed by atoms with Crippen LogP contribution in [-0.2, 0) is 0 Å². The van der Waals surface area contributed by atoms with Crippen LogP contribution in [0, 0.1) is 13.8 Å². The molecule has 1 aliphatic heterocycles. The number of carbonyl (C=O) groups excluding carboxylic acids is 1. The quantitative estimate of drug-likeness (QED) is 0.823. The summed E-state index contributed by atoms with van der Waals surface area (Å²) in [6.45, 7) is 4.48. The third-order valence-corrected chi connectivity index (χ3v) is 3.57. The van der Waals surface area contributed by atoms with Gasteiger partial charge in [0.15, 0.2) is 0 Å². The Labute approximate surface area is 112 Å². The minimum atomic E-state index is -0.104. The number of rotatable bonds is 2. The van der Waals surface area contributed by atoms with Crippen LogP contribution in [0.5, 0.6) is 0 Å². The van der Waals surface area contributed by atoms with E-state index in [2.05, 4.69) is 4.98 Å². The Morgan fingerprint density at radius 3 is 2.83 bits per heavy atom. The van der Waals surface area contributed by atoms with E-state index in [9.17, 15) is 4.79 Å². The van der Waals surface area contributed by atoms with Gasteiger partial charge in [-0.25, -0.2) is 0 Å². The van der Waals surface area contributed by atoms with E-state index in [1.54, 1.807) is 4.90 Å².